The Morgan fingerprint density at radius 1 is 1.33 bits per heavy atom. The Balaban J connectivity index is 1.71. The number of anilines is 1. The van der Waals surface area contributed by atoms with Gasteiger partial charge in [0.15, 0.2) is 5.76 Å². The van der Waals surface area contributed by atoms with E-state index in [0.29, 0.717) is 13.2 Å². The highest BCUT2D eigenvalue weighted by Gasteiger charge is 2.18. The van der Waals surface area contributed by atoms with Gasteiger partial charge in [-0.15, -0.1) is 0 Å². The predicted octanol–water partition coefficient (Wildman–Crippen LogP) is 1.35. The highest BCUT2D eigenvalue weighted by atomic mass is 16.5. The fourth-order valence-corrected chi connectivity index (χ4v) is 2.29. The van der Waals surface area contributed by atoms with E-state index in [4.69, 9.17) is 9.26 Å². The Morgan fingerprint density at radius 3 is 2.95 bits per heavy atom. The molecule has 1 atom stereocenters. The molecule has 112 valence electrons. The number of aryl methyl sites for hydroxylation is 2. The third-order valence-corrected chi connectivity index (χ3v) is 3.26. The van der Waals surface area contributed by atoms with E-state index in [1.165, 1.54) is 0 Å². The van der Waals surface area contributed by atoms with E-state index < -0.39 is 0 Å². The second kappa shape index (κ2) is 6.19. The van der Waals surface area contributed by atoms with Crippen LogP contribution in [0, 0.1) is 13.8 Å². The van der Waals surface area contributed by atoms with Crippen molar-refractivity contribution in [2.24, 2.45) is 0 Å². The van der Waals surface area contributed by atoms with Crippen LogP contribution in [0.5, 0.6) is 0 Å². The lowest BCUT2D eigenvalue weighted by Crippen LogP contribution is -2.35. The molecule has 1 aliphatic rings. The topological polar surface area (TPSA) is 85.1 Å². The Labute approximate surface area is 123 Å². The second-order valence-electron chi connectivity index (χ2n) is 5.10. The molecule has 1 fully saturated rings. The van der Waals surface area contributed by atoms with E-state index in [0.717, 1.165) is 41.9 Å². The Bertz CT molecular complexity index is 607. The maximum absolute atomic E-state index is 5.48. The van der Waals surface area contributed by atoms with E-state index in [2.05, 4.69) is 25.8 Å². The van der Waals surface area contributed by atoms with Gasteiger partial charge in [0.25, 0.3) is 0 Å². The fraction of sp³-hybridized carbons (Fsp3) is 0.500. The van der Waals surface area contributed by atoms with E-state index in [9.17, 15) is 0 Å². The van der Waals surface area contributed by atoms with Crippen LogP contribution in [0.25, 0.3) is 0 Å². The lowest BCUT2D eigenvalue weighted by Gasteiger charge is -2.23. The molecular formula is C14H19N5O2. The lowest BCUT2D eigenvalue weighted by molar-refractivity contribution is 0.0755. The van der Waals surface area contributed by atoms with Crippen LogP contribution in [-0.4, -0.2) is 34.9 Å². The van der Waals surface area contributed by atoms with Crippen LogP contribution >= 0.6 is 0 Å². The smallest absolute Gasteiger partial charge is 0.156 e. The van der Waals surface area contributed by atoms with E-state index in [-0.39, 0.29) is 6.04 Å². The first-order chi connectivity index (χ1) is 10.2. The minimum absolute atomic E-state index is 0.119. The van der Waals surface area contributed by atoms with Crippen molar-refractivity contribution in [3.05, 3.63) is 35.1 Å². The number of aromatic nitrogens is 3. The normalized spacial score (nSPS) is 18.7. The molecule has 7 heteroatoms. The molecule has 0 amide bonds. The molecule has 0 bridgehead atoms. The molecule has 2 N–H and O–H groups in total. The number of rotatable bonds is 4. The molecule has 0 spiro atoms. The maximum Gasteiger partial charge on any atom is 0.156 e. The molecule has 0 saturated carbocycles. The highest BCUT2D eigenvalue weighted by molar-refractivity contribution is 5.37. The Kier molecular flexibility index (Phi) is 4.12. The number of nitrogens with one attached hydrogen (secondary N) is 2. The van der Waals surface area contributed by atoms with E-state index >= 15 is 0 Å². The largest absolute Gasteiger partial charge is 0.378 e. The van der Waals surface area contributed by atoms with Gasteiger partial charge in [-0.25, -0.2) is 9.97 Å². The van der Waals surface area contributed by atoms with Gasteiger partial charge in [-0.05, 0) is 13.8 Å². The number of morpholine rings is 1. The summed E-state index contributed by atoms with van der Waals surface area (Å²) in [5.41, 5.74) is 1.81. The molecule has 21 heavy (non-hydrogen) atoms. The Hall–Kier alpha value is -1.99. The van der Waals surface area contributed by atoms with Gasteiger partial charge in [0, 0.05) is 18.7 Å². The minimum atomic E-state index is 0.119. The summed E-state index contributed by atoms with van der Waals surface area (Å²) in [5.74, 6) is 2.29. The van der Waals surface area contributed by atoms with E-state index in [1.807, 2.05) is 26.0 Å². The maximum atomic E-state index is 5.48. The fourth-order valence-electron chi connectivity index (χ4n) is 2.29. The van der Waals surface area contributed by atoms with Crippen LogP contribution in [0.4, 0.5) is 5.82 Å². The van der Waals surface area contributed by atoms with Crippen molar-refractivity contribution in [1.82, 2.24) is 20.4 Å². The van der Waals surface area contributed by atoms with Gasteiger partial charge in [0.2, 0.25) is 0 Å². The molecule has 0 radical (unpaired) electrons. The van der Waals surface area contributed by atoms with Crippen molar-refractivity contribution < 1.29 is 9.26 Å². The average Bonchev–Trinajstić information content (AvgIpc) is 2.91. The number of hydrogen-bond acceptors (Lipinski definition) is 7. The first-order valence-corrected chi connectivity index (χ1v) is 7.03. The molecule has 0 unspecified atom stereocenters. The van der Waals surface area contributed by atoms with Crippen LogP contribution in [0.15, 0.2) is 16.7 Å². The van der Waals surface area contributed by atoms with Crippen LogP contribution < -0.4 is 10.6 Å². The zero-order valence-corrected chi connectivity index (χ0v) is 12.2. The Morgan fingerprint density at radius 2 is 2.24 bits per heavy atom. The first kappa shape index (κ1) is 14.0. The monoisotopic (exact) mass is 289 g/mol. The van der Waals surface area contributed by atoms with Gasteiger partial charge in [0.1, 0.15) is 11.6 Å². The van der Waals surface area contributed by atoms with Gasteiger partial charge in [-0.1, -0.05) is 5.16 Å². The third-order valence-electron chi connectivity index (χ3n) is 3.26. The first-order valence-electron chi connectivity index (χ1n) is 7.03. The molecule has 7 nitrogen and oxygen atoms in total. The second-order valence-corrected chi connectivity index (χ2v) is 5.10. The molecule has 0 aliphatic carbocycles. The summed E-state index contributed by atoms with van der Waals surface area (Å²) in [5, 5.41) is 10.5. The van der Waals surface area contributed by atoms with Crippen molar-refractivity contribution in [2.45, 2.75) is 26.4 Å². The van der Waals surface area contributed by atoms with Gasteiger partial charge in [0.05, 0.1) is 37.2 Å². The lowest BCUT2D eigenvalue weighted by atomic mass is 10.2. The predicted molar refractivity (Wildman–Crippen MR) is 76.9 cm³/mol. The quantitative estimate of drug-likeness (QED) is 0.878. The van der Waals surface area contributed by atoms with Gasteiger partial charge >= 0.3 is 0 Å². The zero-order chi connectivity index (χ0) is 14.7. The molecule has 2 aromatic heterocycles. The molecule has 1 saturated heterocycles. The summed E-state index contributed by atoms with van der Waals surface area (Å²) in [6.07, 6.45) is 0. The standard InChI is InChI=1S/C14H19N5O2/c1-9-5-11(21-19-9)7-16-14-6-12(17-10(2)18-14)13-8-20-4-3-15-13/h5-6,13,15H,3-4,7-8H2,1-2H3,(H,16,17,18)/t13-/m0/s1. The summed E-state index contributed by atoms with van der Waals surface area (Å²) in [4.78, 5) is 8.88. The third kappa shape index (κ3) is 3.56. The van der Waals surface area contributed by atoms with E-state index in [1.54, 1.807) is 0 Å². The molecule has 3 heterocycles. The minimum Gasteiger partial charge on any atom is -0.378 e. The van der Waals surface area contributed by atoms with Crippen LogP contribution in [0.3, 0.4) is 0 Å². The van der Waals surface area contributed by atoms with Crippen molar-refractivity contribution in [2.75, 3.05) is 25.1 Å². The molecule has 1 aliphatic heterocycles. The van der Waals surface area contributed by atoms with Crippen LogP contribution in [-0.2, 0) is 11.3 Å². The summed E-state index contributed by atoms with van der Waals surface area (Å²) < 4.78 is 10.7. The van der Waals surface area contributed by atoms with Crippen molar-refractivity contribution >= 4 is 5.82 Å². The van der Waals surface area contributed by atoms with Gasteiger partial charge < -0.3 is 19.9 Å². The van der Waals surface area contributed by atoms with Crippen molar-refractivity contribution in [3.8, 4) is 0 Å². The summed E-state index contributed by atoms with van der Waals surface area (Å²) in [6.45, 7) is 6.55. The van der Waals surface area contributed by atoms with Gasteiger partial charge in [-0.3, -0.25) is 0 Å². The molecule has 0 aromatic carbocycles. The number of ether oxygens (including phenoxy) is 1. The summed E-state index contributed by atoms with van der Waals surface area (Å²) >= 11 is 0. The molecular weight excluding hydrogens is 270 g/mol. The van der Waals surface area contributed by atoms with Crippen molar-refractivity contribution in [1.29, 1.82) is 0 Å². The highest BCUT2D eigenvalue weighted by Crippen LogP contribution is 2.17. The van der Waals surface area contributed by atoms with Crippen molar-refractivity contribution in [3.63, 3.8) is 0 Å². The summed E-state index contributed by atoms with van der Waals surface area (Å²) in [7, 11) is 0. The zero-order valence-electron chi connectivity index (χ0n) is 12.2. The van der Waals surface area contributed by atoms with Gasteiger partial charge in [-0.2, -0.15) is 0 Å². The van der Waals surface area contributed by atoms with Crippen LogP contribution in [0.1, 0.15) is 29.0 Å². The summed E-state index contributed by atoms with van der Waals surface area (Å²) in [6, 6.07) is 3.97. The number of nitrogens with zero attached hydrogens (tertiary/aromatic N) is 3. The SMILES string of the molecule is Cc1cc(CNc2cc([C@@H]3COCCN3)nc(C)n2)on1. The number of hydrogen-bond donors (Lipinski definition) is 2. The van der Waals surface area contributed by atoms with Crippen LogP contribution in [0.2, 0.25) is 0 Å². The average molecular weight is 289 g/mol. The molecule has 2 aromatic rings. The molecule has 3 rings (SSSR count).